The van der Waals surface area contributed by atoms with Gasteiger partial charge in [-0.15, -0.1) is 10.2 Å². The van der Waals surface area contributed by atoms with E-state index < -0.39 is 28.6 Å². The summed E-state index contributed by atoms with van der Waals surface area (Å²) in [7, 11) is -4.02. The number of halogens is 1. The van der Waals surface area contributed by atoms with Gasteiger partial charge >= 0.3 is 5.97 Å². The maximum atomic E-state index is 12.7. The third kappa shape index (κ3) is 3.66. The number of tetrazole rings is 1. The molecular weight excluding hydrogens is 346 g/mol. The number of carboxylic acid groups (broad SMARTS) is 1. The van der Waals surface area contributed by atoms with E-state index in [2.05, 4.69) is 20.6 Å². The van der Waals surface area contributed by atoms with E-state index in [0.29, 0.717) is 0 Å². The van der Waals surface area contributed by atoms with Crippen LogP contribution in [0.25, 0.3) is 11.4 Å². The van der Waals surface area contributed by atoms with Crippen molar-refractivity contribution in [2.75, 3.05) is 6.54 Å². The largest absolute Gasteiger partial charge is 0.480 e. The lowest BCUT2D eigenvalue weighted by atomic mass is 10.2. The van der Waals surface area contributed by atoms with Crippen LogP contribution in [0, 0.1) is 0 Å². The van der Waals surface area contributed by atoms with Gasteiger partial charge in [0.05, 0.1) is 9.92 Å². The number of hydrogen-bond donors (Lipinski definition) is 2. The van der Waals surface area contributed by atoms with E-state index in [1.54, 1.807) is 13.8 Å². The number of carboxylic acids is 1. The molecule has 1 heterocycles. The first-order chi connectivity index (χ1) is 10.7. The van der Waals surface area contributed by atoms with E-state index in [1.165, 1.54) is 18.2 Å². The number of sulfonamides is 1. The van der Waals surface area contributed by atoms with Gasteiger partial charge in [0.25, 0.3) is 0 Å². The first-order valence-corrected chi connectivity index (χ1v) is 8.32. The normalized spacial score (nSPS) is 12.0. The number of benzene rings is 1. The summed E-state index contributed by atoms with van der Waals surface area (Å²) in [4.78, 5) is 10.8. The van der Waals surface area contributed by atoms with Crippen molar-refractivity contribution in [3.8, 4) is 11.4 Å². The molecule has 1 aromatic heterocycles. The highest BCUT2D eigenvalue weighted by atomic mass is 35.5. The highest BCUT2D eigenvalue weighted by molar-refractivity contribution is 7.89. The first-order valence-electron chi connectivity index (χ1n) is 6.50. The van der Waals surface area contributed by atoms with E-state index in [0.717, 1.165) is 4.31 Å². The number of carbonyl (C=O) groups is 1. The molecule has 0 aliphatic heterocycles. The maximum Gasteiger partial charge on any atom is 0.318 e. The Kier molecular flexibility index (Phi) is 4.97. The van der Waals surface area contributed by atoms with Crippen molar-refractivity contribution in [2.45, 2.75) is 24.8 Å². The van der Waals surface area contributed by atoms with Gasteiger partial charge in [-0.1, -0.05) is 11.6 Å². The van der Waals surface area contributed by atoms with E-state index >= 15 is 0 Å². The van der Waals surface area contributed by atoms with E-state index in [9.17, 15) is 13.2 Å². The minimum Gasteiger partial charge on any atom is -0.480 e. The number of aromatic amines is 1. The fourth-order valence-corrected chi connectivity index (χ4v) is 3.74. The molecule has 0 bridgehead atoms. The highest BCUT2D eigenvalue weighted by Crippen LogP contribution is 2.29. The Balaban J connectivity index is 2.51. The van der Waals surface area contributed by atoms with Crippen LogP contribution in [0.3, 0.4) is 0 Å². The number of nitrogens with one attached hydrogen (secondary N) is 1. The van der Waals surface area contributed by atoms with Crippen molar-refractivity contribution in [2.24, 2.45) is 0 Å². The molecular formula is C12H14ClN5O4S. The molecule has 0 spiro atoms. The zero-order valence-electron chi connectivity index (χ0n) is 12.3. The molecule has 0 saturated carbocycles. The van der Waals surface area contributed by atoms with Gasteiger partial charge in [-0.2, -0.15) is 9.52 Å². The first kappa shape index (κ1) is 17.3. The molecule has 0 aliphatic carbocycles. The van der Waals surface area contributed by atoms with Crippen molar-refractivity contribution in [1.29, 1.82) is 0 Å². The molecule has 0 aliphatic rings. The lowest BCUT2D eigenvalue weighted by molar-refractivity contribution is -0.137. The van der Waals surface area contributed by atoms with Gasteiger partial charge in [-0.3, -0.25) is 4.79 Å². The Morgan fingerprint density at radius 2 is 2.13 bits per heavy atom. The lowest BCUT2D eigenvalue weighted by Gasteiger charge is -2.24. The molecule has 0 fully saturated rings. The Morgan fingerprint density at radius 1 is 1.43 bits per heavy atom. The summed E-state index contributed by atoms with van der Waals surface area (Å²) in [6.07, 6.45) is 0. The van der Waals surface area contributed by atoms with Gasteiger partial charge < -0.3 is 5.11 Å². The summed E-state index contributed by atoms with van der Waals surface area (Å²) in [5.74, 6) is -1.10. The number of aliphatic carboxylic acids is 1. The summed E-state index contributed by atoms with van der Waals surface area (Å²) in [5.41, 5.74) is 0.278. The minimum absolute atomic E-state index is 0.100. The highest BCUT2D eigenvalue weighted by Gasteiger charge is 2.29. The number of hydrogen-bond acceptors (Lipinski definition) is 6. The monoisotopic (exact) mass is 359 g/mol. The average Bonchev–Trinajstić information content (AvgIpc) is 2.98. The van der Waals surface area contributed by atoms with Crippen LogP contribution in [-0.4, -0.2) is 57.0 Å². The van der Waals surface area contributed by atoms with Gasteiger partial charge in [0, 0.05) is 11.6 Å². The van der Waals surface area contributed by atoms with Gasteiger partial charge in [0.2, 0.25) is 15.8 Å². The molecule has 2 rings (SSSR count). The molecule has 1 aromatic carbocycles. The predicted octanol–water partition coefficient (Wildman–Crippen LogP) is 1.00. The quantitative estimate of drug-likeness (QED) is 0.787. The Morgan fingerprint density at radius 3 is 2.65 bits per heavy atom. The van der Waals surface area contributed by atoms with E-state index in [4.69, 9.17) is 16.7 Å². The molecule has 0 atom stereocenters. The molecule has 0 unspecified atom stereocenters. The topological polar surface area (TPSA) is 129 Å². The Hall–Kier alpha value is -2.04. The number of H-pyrrole nitrogens is 1. The molecule has 0 saturated heterocycles. The summed E-state index contributed by atoms with van der Waals surface area (Å²) in [6, 6.07) is 3.46. The summed E-state index contributed by atoms with van der Waals surface area (Å²) in [6.45, 7) is 2.55. The van der Waals surface area contributed by atoms with Crippen LogP contribution in [0.4, 0.5) is 0 Å². The fraction of sp³-hybridized carbons (Fsp3) is 0.333. The summed E-state index contributed by atoms with van der Waals surface area (Å²) >= 11 is 6.04. The third-order valence-corrected chi connectivity index (χ3v) is 5.35. The Bertz CT molecular complexity index is 807. The molecule has 9 nitrogen and oxygen atoms in total. The van der Waals surface area contributed by atoms with Crippen molar-refractivity contribution >= 4 is 27.6 Å². The molecule has 0 amide bonds. The molecule has 0 radical (unpaired) electrons. The molecule has 124 valence electrons. The van der Waals surface area contributed by atoms with E-state index in [1.807, 2.05) is 0 Å². The number of aromatic nitrogens is 4. The predicted molar refractivity (Wildman–Crippen MR) is 81.3 cm³/mol. The average molecular weight is 360 g/mol. The standard InChI is InChI=1S/C12H14ClN5O4S/c1-7(2)18(6-11(19)20)23(21,22)8-3-4-10(13)9(5-8)12-14-16-17-15-12/h3-5,7H,6H2,1-2H3,(H,19,20)(H,14,15,16,17). The second-order valence-corrected chi connectivity index (χ2v) is 7.21. The molecule has 23 heavy (non-hydrogen) atoms. The van der Waals surface area contributed by atoms with Crippen LogP contribution >= 0.6 is 11.6 Å². The lowest BCUT2D eigenvalue weighted by Crippen LogP contribution is -2.40. The third-order valence-electron chi connectivity index (χ3n) is 3.00. The Labute approximate surface area is 137 Å². The van der Waals surface area contributed by atoms with Crippen LogP contribution in [0.15, 0.2) is 23.1 Å². The smallest absolute Gasteiger partial charge is 0.318 e. The summed E-state index contributed by atoms with van der Waals surface area (Å²) in [5, 5.41) is 22.4. The van der Waals surface area contributed by atoms with Crippen LogP contribution in [0.2, 0.25) is 5.02 Å². The number of nitrogens with zero attached hydrogens (tertiary/aromatic N) is 4. The van der Waals surface area contributed by atoms with Gasteiger partial charge in [-0.25, -0.2) is 8.42 Å². The van der Waals surface area contributed by atoms with Crippen molar-refractivity contribution in [1.82, 2.24) is 24.9 Å². The summed E-state index contributed by atoms with van der Waals surface area (Å²) < 4.78 is 26.3. The van der Waals surface area contributed by atoms with Crippen LogP contribution in [-0.2, 0) is 14.8 Å². The minimum atomic E-state index is -4.02. The number of rotatable bonds is 6. The van der Waals surface area contributed by atoms with Crippen LogP contribution < -0.4 is 0 Å². The zero-order valence-corrected chi connectivity index (χ0v) is 13.8. The zero-order chi connectivity index (χ0) is 17.2. The van der Waals surface area contributed by atoms with Gasteiger partial charge in [0.15, 0.2) is 0 Å². The van der Waals surface area contributed by atoms with Crippen LogP contribution in [0.1, 0.15) is 13.8 Å². The van der Waals surface area contributed by atoms with Crippen LogP contribution in [0.5, 0.6) is 0 Å². The van der Waals surface area contributed by atoms with Crippen molar-refractivity contribution in [3.05, 3.63) is 23.2 Å². The van der Waals surface area contributed by atoms with E-state index in [-0.39, 0.29) is 21.3 Å². The maximum absolute atomic E-state index is 12.7. The van der Waals surface area contributed by atoms with Crippen molar-refractivity contribution < 1.29 is 18.3 Å². The molecule has 2 N–H and O–H groups in total. The second kappa shape index (κ2) is 6.60. The molecule has 2 aromatic rings. The molecule has 11 heteroatoms. The van der Waals surface area contributed by atoms with Gasteiger partial charge in [-0.05, 0) is 37.3 Å². The van der Waals surface area contributed by atoms with Gasteiger partial charge in [0.1, 0.15) is 6.54 Å². The SMILES string of the molecule is CC(C)N(CC(=O)O)S(=O)(=O)c1ccc(Cl)c(-c2nn[nH]n2)c1. The van der Waals surface area contributed by atoms with Crippen molar-refractivity contribution in [3.63, 3.8) is 0 Å². The fourth-order valence-electron chi connectivity index (χ4n) is 1.93. The second-order valence-electron chi connectivity index (χ2n) is 4.91.